The second-order valence-electron chi connectivity index (χ2n) is 6.98. The van der Waals surface area contributed by atoms with E-state index in [4.69, 9.17) is 30.6 Å². The van der Waals surface area contributed by atoms with Gasteiger partial charge in [0, 0.05) is 0 Å². The Morgan fingerprint density at radius 3 is 2.64 bits per heavy atom. The van der Waals surface area contributed by atoms with Gasteiger partial charge in [-0.3, -0.25) is 0 Å². The van der Waals surface area contributed by atoms with Gasteiger partial charge >= 0.3 is 5.97 Å². The summed E-state index contributed by atoms with van der Waals surface area (Å²) in [6.07, 6.45) is 1.60. The Labute approximate surface area is 194 Å². The van der Waals surface area contributed by atoms with Gasteiger partial charge in [-0.15, -0.1) is 0 Å². The van der Waals surface area contributed by atoms with Crippen molar-refractivity contribution in [1.82, 2.24) is 4.98 Å². The molecule has 164 valence electrons. The number of para-hydroxylation sites is 2. The number of rotatable bonds is 7. The van der Waals surface area contributed by atoms with Crippen LogP contribution in [-0.4, -0.2) is 23.2 Å². The molecule has 33 heavy (non-hydrogen) atoms. The number of ether oxygens (including phenoxy) is 2. The van der Waals surface area contributed by atoms with E-state index in [0.717, 1.165) is 5.56 Å². The highest BCUT2D eigenvalue weighted by Gasteiger charge is 2.15. The first-order valence-corrected chi connectivity index (χ1v) is 10.2. The molecule has 4 aromatic rings. The van der Waals surface area contributed by atoms with Crippen molar-refractivity contribution in [2.24, 2.45) is 0 Å². The summed E-state index contributed by atoms with van der Waals surface area (Å²) in [6.45, 7) is 0.164. The second-order valence-corrected chi connectivity index (χ2v) is 7.39. The molecule has 8 heteroatoms. The van der Waals surface area contributed by atoms with Crippen molar-refractivity contribution in [1.29, 1.82) is 5.26 Å². The molecular formula is C25H17ClN2O5. The molecule has 1 heterocycles. The van der Waals surface area contributed by atoms with Gasteiger partial charge in [0.05, 0.1) is 17.7 Å². The maximum absolute atomic E-state index is 11.0. The molecule has 0 aliphatic heterocycles. The van der Waals surface area contributed by atoms with E-state index in [2.05, 4.69) is 11.1 Å². The van der Waals surface area contributed by atoms with Crippen LogP contribution in [0.15, 0.2) is 65.1 Å². The van der Waals surface area contributed by atoms with Gasteiger partial charge in [-0.2, -0.15) is 5.26 Å². The lowest BCUT2D eigenvalue weighted by Crippen LogP contribution is -2.00. The number of carboxylic acid groups (broad SMARTS) is 1. The molecular weight excluding hydrogens is 444 g/mol. The molecule has 0 amide bonds. The molecule has 4 rings (SSSR count). The van der Waals surface area contributed by atoms with Gasteiger partial charge in [-0.1, -0.05) is 35.9 Å². The zero-order chi connectivity index (χ0) is 23.4. The third-order valence-corrected chi connectivity index (χ3v) is 5.07. The van der Waals surface area contributed by atoms with E-state index in [1.807, 2.05) is 12.1 Å². The normalized spacial score (nSPS) is 11.2. The zero-order valence-corrected chi connectivity index (χ0v) is 18.2. The summed E-state index contributed by atoms with van der Waals surface area (Å²) in [5.74, 6) is -0.0749. The molecule has 0 radical (unpaired) electrons. The average Bonchev–Trinajstić information content (AvgIpc) is 3.26. The van der Waals surface area contributed by atoms with Crippen LogP contribution in [0.25, 0.3) is 22.7 Å². The van der Waals surface area contributed by atoms with Gasteiger partial charge in [0.25, 0.3) is 0 Å². The molecule has 0 unspecified atom stereocenters. The molecule has 0 aliphatic carbocycles. The third-order valence-electron chi connectivity index (χ3n) is 4.79. The number of oxazole rings is 1. The SMILES string of the molecule is COc1cc(/C=C(\C#N)c2nc3ccccc3o2)cc(Cl)c1OCc1ccc(C(=O)O)cc1. The molecule has 0 saturated carbocycles. The Bertz CT molecular complexity index is 1370. The first-order chi connectivity index (χ1) is 16.0. The first-order valence-electron chi connectivity index (χ1n) is 9.79. The highest BCUT2D eigenvalue weighted by molar-refractivity contribution is 6.32. The van der Waals surface area contributed by atoms with Crippen molar-refractivity contribution in [2.75, 3.05) is 7.11 Å². The summed E-state index contributed by atoms with van der Waals surface area (Å²) in [5, 5.41) is 18.9. The Balaban J connectivity index is 1.59. The third kappa shape index (κ3) is 4.81. The van der Waals surface area contributed by atoms with Crippen molar-refractivity contribution in [2.45, 2.75) is 6.61 Å². The Morgan fingerprint density at radius 2 is 1.97 bits per heavy atom. The number of methoxy groups -OCH3 is 1. The number of halogens is 1. The van der Waals surface area contributed by atoms with Gasteiger partial charge in [-0.25, -0.2) is 9.78 Å². The standard InChI is InChI=1S/C25H17ClN2O5/c1-31-22-12-16(10-18(13-27)24-28-20-4-2-3-5-21(20)33-24)11-19(26)23(22)32-14-15-6-8-17(9-7-15)25(29)30/h2-12H,14H2,1H3,(H,29,30)/b18-10+. The number of aromatic nitrogens is 1. The zero-order valence-electron chi connectivity index (χ0n) is 17.4. The summed E-state index contributed by atoms with van der Waals surface area (Å²) in [5.41, 5.74) is 3.04. The van der Waals surface area contributed by atoms with E-state index in [-0.39, 0.29) is 28.7 Å². The fourth-order valence-corrected chi connectivity index (χ4v) is 3.43. The summed E-state index contributed by atoms with van der Waals surface area (Å²) in [4.78, 5) is 15.3. The lowest BCUT2D eigenvalue weighted by atomic mass is 10.1. The monoisotopic (exact) mass is 460 g/mol. The topological polar surface area (TPSA) is 106 Å². The average molecular weight is 461 g/mol. The lowest BCUT2D eigenvalue weighted by molar-refractivity contribution is 0.0697. The van der Waals surface area contributed by atoms with Gasteiger partial charge in [0.2, 0.25) is 5.89 Å². The van der Waals surface area contributed by atoms with Crippen molar-refractivity contribution in [3.8, 4) is 17.6 Å². The number of hydrogen-bond acceptors (Lipinski definition) is 6. The number of hydrogen-bond donors (Lipinski definition) is 1. The van der Waals surface area contributed by atoms with Crippen molar-refractivity contribution in [3.63, 3.8) is 0 Å². The molecule has 7 nitrogen and oxygen atoms in total. The molecule has 0 aliphatic rings. The number of aromatic carboxylic acids is 1. The highest BCUT2D eigenvalue weighted by Crippen LogP contribution is 2.38. The van der Waals surface area contributed by atoms with Crippen LogP contribution in [0.1, 0.15) is 27.4 Å². The van der Waals surface area contributed by atoms with Crippen LogP contribution in [0.3, 0.4) is 0 Å². The molecule has 3 aromatic carbocycles. The largest absolute Gasteiger partial charge is 0.493 e. The molecule has 0 atom stereocenters. The second kappa shape index (κ2) is 9.47. The van der Waals surface area contributed by atoms with E-state index in [1.165, 1.54) is 19.2 Å². The van der Waals surface area contributed by atoms with Gasteiger partial charge in [0.1, 0.15) is 23.8 Å². The Kier molecular flexibility index (Phi) is 6.29. The summed E-state index contributed by atoms with van der Waals surface area (Å²) >= 11 is 6.45. The minimum absolute atomic E-state index is 0.164. The maximum atomic E-state index is 11.0. The first kappa shape index (κ1) is 21.9. The molecule has 0 fully saturated rings. The molecule has 1 aromatic heterocycles. The minimum atomic E-state index is -0.995. The molecule has 1 N–H and O–H groups in total. The summed E-state index contributed by atoms with van der Waals surface area (Å²) < 4.78 is 17.0. The predicted octanol–water partition coefficient (Wildman–Crippen LogP) is 5.83. The van der Waals surface area contributed by atoms with Crippen LogP contribution < -0.4 is 9.47 Å². The molecule has 0 spiro atoms. The lowest BCUT2D eigenvalue weighted by Gasteiger charge is -2.13. The maximum Gasteiger partial charge on any atom is 0.335 e. The van der Waals surface area contributed by atoms with Gasteiger partial charge in [-0.05, 0) is 53.6 Å². The molecule has 0 saturated heterocycles. The van der Waals surface area contributed by atoms with Crippen molar-refractivity contribution < 1.29 is 23.8 Å². The van der Waals surface area contributed by atoms with Crippen LogP contribution in [0, 0.1) is 11.3 Å². The van der Waals surface area contributed by atoms with Crippen molar-refractivity contribution in [3.05, 3.63) is 88.3 Å². The Hall–Kier alpha value is -4.28. The number of benzene rings is 3. The van der Waals surface area contributed by atoms with E-state index >= 15 is 0 Å². The summed E-state index contributed by atoms with van der Waals surface area (Å²) in [7, 11) is 1.49. The predicted molar refractivity (Wildman–Crippen MR) is 123 cm³/mol. The van der Waals surface area contributed by atoms with Crippen molar-refractivity contribution >= 4 is 40.3 Å². The van der Waals surface area contributed by atoms with Crippen LogP contribution in [0.4, 0.5) is 0 Å². The van der Waals surface area contributed by atoms with Gasteiger partial charge < -0.3 is 19.0 Å². The van der Waals surface area contributed by atoms with Crippen LogP contribution in [-0.2, 0) is 6.61 Å². The minimum Gasteiger partial charge on any atom is -0.493 e. The van der Waals surface area contributed by atoms with Crippen LogP contribution in [0.5, 0.6) is 11.5 Å². The number of carbonyl (C=O) groups is 1. The number of carboxylic acids is 1. The number of nitrogens with zero attached hydrogens (tertiary/aromatic N) is 2. The van der Waals surface area contributed by atoms with Gasteiger partial charge in [0.15, 0.2) is 17.1 Å². The Morgan fingerprint density at radius 1 is 1.21 bits per heavy atom. The highest BCUT2D eigenvalue weighted by atomic mass is 35.5. The fourth-order valence-electron chi connectivity index (χ4n) is 3.16. The van der Waals surface area contributed by atoms with E-state index in [0.29, 0.717) is 28.2 Å². The fraction of sp³-hybridized carbons (Fsp3) is 0.0800. The number of allylic oxidation sites excluding steroid dienone is 1. The van der Waals surface area contributed by atoms with E-state index in [9.17, 15) is 10.1 Å². The summed E-state index contributed by atoms with van der Waals surface area (Å²) in [6, 6.07) is 19.0. The smallest absolute Gasteiger partial charge is 0.335 e. The quantitative estimate of drug-likeness (QED) is 0.346. The number of nitriles is 1. The number of fused-ring (bicyclic) bond motifs is 1. The van der Waals surface area contributed by atoms with Crippen LogP contribution >= 0.6 is 11.6 Å². The molecule has 0 bridgehead atoms. The van der Waals surface area contributed by atoms with E-state index < -0.39 is 5.97 Å². The van der Waals surface area contributed by atoms with Crippen LogP contribution in [0.2, 0.25) is 5.02 Å². The van der Waals surface area contributed by atoms with E-state index in [1.54, 1.807) is 42.5 Å².